The van der Waals surface area contributed by atoms with E-state index in [0.717, 1.165) is 95.8 Å². The van der Waals surface area contributed by atoms with Gasteiger partial charge < -0.3 is 33.8 Å². The molecule has 588 valence electrons. The molecule has 0 saturated heterocycles. The van der Waals surface area contributed by atoms with Crippen molar-refractivity contribution in [3.63, 3.8) is 0 Å². The third-order valence-corrected chi connectivity index (χ3v) is 20.7. The van der Waals surface area contributed by atoms with E-state index >= 15 is 0 Å². The normalized spacial score (nSPS) is 13.9. The summed E-state index contributed by atoms with van der Waals surface area (Å²) in [5.74, 6) is -1.35. The molecule has 0 aromatic rings. The summed E-state index contributed by atoms with van der Waals surface area (Å²) >= 11 is 0. The highest BCUT2D eigenvalue weighted by atomic mass is 31.2. The lowest BCUT2D eigenvalue weighted by atomic mass is 10.0. The number of rotatable bonds is 80. The molecule has 0 amide bonds. The van der Waals surface area contributed by atoms with Crippen LogP contribution >= 0.6 is 15.6 Å². The molecule has 0 fully saturated rings. The number of unbranched alkanes of at least 4 members (excludes halogenated alkanes) is 52. The van der Waals surface area contributed by atoms with Crippen molar-refractivity contribution >= 4 is 39.5 Å². The summed E-state index contributed by atoms with van der Waals surface area (Å²) in [5.41, 5.74) is 0. The SMILES string of the molecule is CCCCCCCCCCCCCCCCCCCC(=O)OC[C@H](COP(=O)(O)OC[C@@H](O)COP(=O)(O)OC[C@@H](COC(=O)CCCCCCCCCCCCCC)OC(=O)CCCCCCCCCCCCC(C)C)OC(=O)CCCCCCCCCCCCCCCCCCC. The number of phosphoric acid groups is 2. The zero-order chi connectivity index (χ0) is 72.7. The Morgan fingerprint density at radius 2 is 0.465 bits per heavy atom. The summed E-state index contributed by atoms with van der Waals surface area (Å²) in [6.45, 7) is 7.32. The highest BCUT2D eigenvalue weighted by Crippen LogP contribution is 2.45. The highest BCUT2D eigenvalue weighted by Gasteiger charge is 2.30. The summed E-state index contributed by atoms with van der Waals surface area (Å²) < 4.78 is 68.7. The van der Waals surface area contributed by atoms with Gasteiger partial charge in [0.25, 0.3) is 0 Å². The Bertz CT molecular complexity index is 1890. The smallest absolute Gasteiger partial charge is 0.462 e. The van der Waals surface area contributed by atoms with Crippen molar-refractivity contribution < 1.29 is 80.2 Å². The molecule has 0 spiro atoms. The summed E-state index contributed by atoms with van der Waals surface area (Å²) in [5, 5.41) is 10.6. The van der Waals surface area contributed by atoms with Gasteiger partial charge in [0, 0.05) is 25.7 Å². The second-order valence-electron chi connectivity index (χ2n) is 29.3. The average molecular weight is 1450 g/mol. The molecule has 3 N–H and O–H groups in total. The first-order valence-electron chi connectivity index (χ1n) is 41.6. The standard InChI is InChI=1S/C80H156O17P2/c1-6-9-12-15-18-21-24-27-29-31-33-35-38-44-49-54-59-64-78(83)91-69-75(96-79(84)65-60-55-50-45-39-36-34-32-30-28-25-22-19-16-13-10-7-2)71-94-98(86,87)92-67-74(81)68-93-99(88,89)95-72-76(70-90-77(82)63-58-53-48-43-37-26-23-20-17-14-11-8-3)97-80(85)66-61-56-51-46-41-40-42-47-52-57-62-73(4)5/h73-76,81H,6-72H2,1-5H3,(H,86,87)(H,88,89)/t74-,75-,76-/m1/s1. The van der Waals surface area contributed by atoms with Crippen LogP contribution in [0.4, 0.5) is 0 Å². The zero-order valence-corrected chi connectivity index (χ0v) is 66.4. The number of aliphatic hydroxyl groups excluding tert-OH is 1. The summed E-state index contributed by atoms with van der Waals surface area (Å²) in [6.07, 6.45) is 63.7. The van der Waals surface area contributed by atoms with Crippen LogP contribution in [0.5, 0.6) is 0 Å². The van der Waals surface area contributed by atoms with Crippen LogP contribution in [0.15, 0.2) is 0 Å². The second-order valence-corrected chi connectivity index (χ2v) is 32.2. The molecule has 0 heterocycles. The maximum Gasteiger partial charge on any atom is 0.472 e. The van der Waals surface area contributed by atoms with Gasteiger partial charge in [-0.2, -0.15) is 0 Å². The summed E-state index contributed by atoms with van der Waals surface area (Å²) in [4.78, 5) is 73.0. The molecule has 0 bridgehead atoms. The second kappa shape index (κ2) is 73.0. The van der Waals surface area contributed by atoms with E-state index in [0.29, 0.717) is 25.7 Å². The molecule has 0 aliphatic heterocycles. The third kappa shape index (κ3) is 74.1. The van der Waals surface area contributed by atoms with Gasteiger partial charge in [-0.15, -0.1) is 0 Å². The van der Waals surface area contributed by atoms with E-state index in [2.05, 4.69) is 34.6 Å². The maximum atomic E-state index is 13.1. The quantitative estimate of drug-likeness (QED) is 0.0222. The molecule has 0 rings (SSSR count). The van der Waals surface area contributed by atoms with Crippen molar-refractivity contribution in [3.05, 3.63) is 0 Å². The van der Waals surface area contributed by atoms with E-state index in [-0.39, 0.29) is 25.7 Å². The molecule has 0 radical (unpaired) electrons. The number of esters is 4. The van der Waals surface area contributed by atoms with Gasteiger partial charge in [0.1, 0.15) is 19.3 Å². The van der Waals surface area contributed by atoms with Gasteiger partial charge in [-0.25, -0.2) is 9.13 Å². The Morgan fingerprint density at radius 3 is 0.687 bits per heavy atom. The molecule has 17 nitrogen and oxygen atoms in total. The number of hydrogen-bond donors (Lipinski definition) is 3. The minimum atomic E-state index is -4.96. The lowest BCUT2D eigenvalue weighted by molar-refractivity contribution is -0.161. The largest absolute Gasteiger partial charge is 0.472 e. The van der Waals surface area contributed by atoms with Gasteiger partial charge in [0.15, 0.2) is 12.2 Å². The van der Waals surface area contributed by atoms with E-state index < -0.39 is 97.5 Å². The number of aliphatic hydroxyl groups is 1. The molecular weight excluding hydrogens is 1290 g/mol. The van der Waals surface area contributed by atoms with Crippen LogP contribution in [0.25, 0.3) is 0 Å². The zero-order valence-electron chi connectivity index (χ0n) is 64.6. The van der Waals surface area contributed by atoms with E-state index in [9.17, 15) is 43.2 Å². The number of carbonyl (C=O) groups excluding carboxylic acids is 4. The topological polar surface area (TPSA) is 237 Å². The Hall–Kier alpha value is -1.94. The van der Waals surface area contributed by atoms with Crippen LogP contribution in [0.3, 0.4) is 0 Å². The molecule has 99 heavy (non-hydrogen) atoms. The van der Waals surface area contributed by atoms with E-state index in [1.165, 1.54) is 250 Å². The molecule has 19 heteroatoms. The Balaban J connectivity index is 5.25. The number of phosphoric ester groups is 2. The molecular formula is C80H156O17P2. The molecule has 2 unspecified atom stereocenters. The summed E-state index contributed by atoms with van der Waals surface area (Å²) in [6, 6.07) is 0. The van der Waals surface area contributed by atoms with Gasteiger partial charge in [0.05, 0.1) is 26.4 Å². The first kappa shape index (κ1) is 97.1. The minimum Gasteiger partial charge on any atom is -0.462 e. The van der Waals surface area contributed by atoms with Crippen LogP contribution in [-0.4, -0.2) is 96.7 Å². The predicted molar refractivity (Wildman–Crippen MR) is 405 cm³/mol. The van der Waals surface area contributed by atoms with Crippen molar-refractivity contribution in [2.75, 3.05) is 39.6 Å². The van der Waals surface area contributed by atoms with Crippen LogP contribution in [0, 0.1) is 5.92 Å². The van der Waals surface area contributed by atoms with E-state index in [1.54, 1.807) is 0 Å². The Kier molecular flexibility index (Phi) is 71.6. The van der Waals surface area contributed by atoms with E-state index in [4.69, 9.17) is 37.0 Å². The van der Waals surface area contributed by atoms with Gasteiger partial charge >= 0.3 is 39.5 Å². The molecule has 0 aliphatic carbocycles. The van der Waals surface area contributed by atoms with Crippen LogP contribution < -0.4 is 0 Å². The van der Waals surface area contributed by atoms with Crippen molar-refractivity contribution in [2.45, 2.75) is 445 Å². The minimum absolute atomic E-state index is 0.107. The van der Waals surface area contributed by atoms with Crippen molar-refractivity contribution in [2.24, 2.45) is 5.92 Å². The summed E-state index contributed by atoms with van der Waals surface area (Å²) in [7, 11) is -9.92. The fourth-order valence-electron chi connectivity index (χ4n) is 12.4. The lowest BCUT2D eigenvalue weighted by Gasteiger charge is -2.21. The lowest BCUT2D eigenvalue weighted by Crippen LogP contribution is -2.30. The van der Waals surface area contributed by atoms with Crippen LogP contribution in [-0.2, 0) is 65.4 Å². The van der Waals surface area contributed by atoms with E-state index in [1.807, 2.05) is 0 Å². The van der Waals surface area contributed by atoms with Crippen LogP contribution in [0.1, 0.15) is 426 Å². The van der Waals surface area contributed by atoms with Crippen molar-refractivity contribution in [3.8, 4) is 0 Å². The Morgan fingerprint density at radius 1 is 0.273 bits per heavy atom. The van der Waals surface area contributed by atoms with Gasteiger partial charge in [-0.3, -0.25) is 37.3 Å². The molecule has 0 aromatic heterocycles. The first-order valence-corrected chi connectivity index (χ1v) is 44.6. The molecule has 0 saturated carbocycles. The van der Waals surface area contributed by atoms with Gasteiger partial charge in [-0.1, -0.05) is 375 Å². The number of ether oxygens (including phenoxy) is 4. The predicted octanol–water partition coefficient (Wildman–Crippen LogP) is 24.0. The van der Waals surface area contributed by atoms with Crippen molar-refractivity contribution in [1.29, 1.82) is 0 Å². The third-order valence-electron chi connectivity index (χ3n) is 18.8. The van der Waals surface area contributed by atoms with Gasteiger partial charge in [0.2, 0.25) is 0 Å². The number of carbonyl (C=O) groups is 4. The van der Waals surface area contributed by atoms with Crippen molar-refractivity contribution in [1.82, 2.24) is 0 Å². The highest BCUT2D eigenvalue weighted by molar-refractivity contribution is 7.47. The molecule has 5 atom stereocenters. The fourth-order valence-corrected chi connectivity index (χ4v) is 14.0. The first-order chi connectivity index (χ1) is 48.0. The number of hydrogen-bond acceptors (Lipinski definition) is 15. The Labute approximate surface area is 607 Å². The van der Waals surface area contributed by atoms with Gasteiger partial charge in [-0.05, 0) is 31.6 Å². The maximum absolute atomic E-state index is 13.1. The van der Waals surface area contributed by atoms with Crippen LogP contribution in [0.2, 0.25) is 0 Å². The monoisotopic (exact) mass is 1450 g/mol. The molecule has 0 aromatic carbocycles. The molecule has 0 aliphatic rings. The fraction of sp³-hybridized carbons (Fsp3) is 0.950. The average Bonchev–Trinajstić information content (AvgIpc) is 1.15.